The number of rotatable bonds is 12. The summed E-state index contributed by atoms with van der Waals surface area (Å²) in [6, 6.07) is 0. The fourth-order valence-corrected chi connectivity index (χ4v) is 1.84. The van der Waals surface area contributed by atoms with Crippen molar-refractivity contribution in [3.8, 4) is 0 Å². The average molecular weight is 275 g/mol. The molecule has 0 amide bonds. The van der Waals surface area contributed by atoms with E-state index < -0.39 is 11.7 Å². The maximum absolute atomic E-state index is 10.1. The zero-order chi connectivity index (χ0) is 14.7. The highest BCUT2D eigenvalue weighted by Gasteiger charge is 2.21. The Hall–Kier alpha value is -0.160. The first kappa shape index (κ1) is 18.8. The Balaban J connectivity index is 3.51. The summed E-state index contributed by atoms with van der Waals surface area (Å²) in [6.07, 6.45) is 3.14. The highest BCUT2D eigenvalue weighted by Crippen LogP contribution is 2.12. The summed E-state index contributed by atoms with van der Waals surface area (Å²) in [4.78, 5) is 0. The Bertz CT molecular complexity index is 206. The van der Waals surface area contributed by atoms with Gasteiger partial charge in [0.25, 0.3) is 0 Å². The zero-order valence-corrected chi connectivity index (χ0v) is 13.1. The lowest BCUT2D eigenvalue weighted by molar-refractivity contribution is 0.0156. The van der Waals surface area contributed by atoms with E-state index in [9.17, 15) is 10.2 Å². The van der Waals surface area contributed by atoms with Gasteiger partial charge in [-0.1, -0.05) is 27.7 Å². The summed E-state index contributed by atoms with van der Waals surface area (Å²) in [5.41, 5.74) is -0.655. The van der Waals surface area contributed by atoms with Crippen LogP contribution in [0.15, 0.2) is 0 Å². The van der Waals surface area contributed by atoms with E-state index in [-0.39, 0.29) is 0 Å². The van der Waals surface area contributed by atoms with Crippen LogP contribution in [-0.4, -0.2) is 48.2 Å². The molecule has 4 nitrogen and oxygen atoms in total. The smallest absolute Gasteiger partial charge is 0.0897 e. The minimum Gasteiger partial charge on any atom is -0.389 e. The van der Waals surface area contributed by atoms with Crippen LogP contribution >= 0.6 is 0 Å². The second kappa shape index (κ2) is 10.6. The number of hydrogen-bond acceptors (Lipinski definition) is 4. The lowest BCUT2D eigenvalue weighted by atomic mass is 9.97. The number of ether oxygens (including phenoxy) is 1. The number of nitrogens with one attached hydrogen (secondary N) is 1. The van der Waals surface area contributed by atoms with Crippen molar-refractivity contribution in [2.75, 3.05) is 26.3 Å². The van der Waals surface area contributed by atoms with Gasteiger partial charge in [-0.2, -0.15) is 0 Å². The van der Waals surface area contributed by atoms with Crippen LogP contribution in [0.3, 0.4) is 0 Å². The minimum absolute atomic E-state index is 0.363. The highest BCUT2D eigenvalue weighted by molar-refractivity contribution is 4.78. The molecule has 0 saturated carbocycles. The van der Waals surface area contributed by atoms with Gasteiger partial charge in [0.05, 0.1) is 18.3 Å². The quantitative estimate of drug-likeness (QED) is 0.476. The van der Waals surface area contributed by atoms with Gasteiger partial charge in [-0.25, -0.2) is 0 Å². The summed E-state index contributed by atoms with van der Waals surface area (Å²) in [7, 11) is 0. The Morgan fingerprint density at radius 1 is 1.21 bits per heavy atom. The maximum atomic E-state index is 10.1. The molecule has 3 N–H and O–H groups in total. The van der Waals surface area contributed by atoms with E-state index in [0.29, 0.717) is 32.2 Å². The topological polar surface area (TPSA) is 61.7 Å². The van der Waals surface area contributed by atoms with Gasteiger partial charge < -0.3 is 20.3 Å². The van der Waals surface area contributed by atoms with E-state index in [1.807, 2.05) is 13.8 Å². The van der Waals surface area contributed by atoms with E-state index in [4.69, 9.17) is 4.74 Å². The third-order valence-electron chi connectivity index (χ3n) is 3.53. The first-order chi connectivity index (χ1) is 8.93. The maximum Gasteiger partial charge on any atom is 0.0897 e. The largest absolute Gasteiger partial charge is 0.389 e. The first-order valence-electron chi connectivity index (χ1n) is 7.62. The molecule has 0 saturated heterocycles. The minimum atomic E-state index is -0.655. The molecule has 0 spiro atoms. The van der Waals surface area contributed by atoms with Crippen molar-refractivity contribution in [1.29, 1.82) is 0 Å². The number of hydrogen-bond donors (Lipinski definition) is 3. The predicted octanol–water partition coefficient (Wildman–Crippen LogP) is 1.94. The van der Waals surface area contributed by atoms with E-state index in [1.54, 1.807) is 0 Å². The normalized spacial score (nSPS) is 14.1. The molecular weight excluding hydrogens is 242 g/mol. The van der Waals surface area contributed by atoms with Gasteiger partial charge in [-0.15, -0.1) is 0 Å². The van der Waals surface area contributed by atoms with Crippen LogP contribution in [0.5, 0.6) is 0 Å². The summed E-state index contributed by atoms with van der Waals surface area (Å²) < 4.78 is 5.43. The van der Waals surface area contributed by atoms with Crippen LogP contribution in [0.4, 0.5) is 0 Å². The molecule has 4 heteroatoms. The van der Waals surface area contributed by atoms with Crippen LogP contribution < -0.4 is 5.32 Å². The third-order valence-corrected chi connectivity index (χ3v) is 3.53. The Morgan fingerprint density at radius 2 is 1.84 bits per heavy atom. The predicted molar refractivity (Wildman–Crippen MR) is 79.3 cm³/mol. The van der Waals surface area contributed by atoms with Crippen LogP contribution in [0.2, 0.25) is 0 Å². The molecule has 0 aromatic carbocycles. The monoisotopic (exact) mass is 275 g/mol. The molecule has 0 rings (SSSR count). The Kier molecular flexibility index (Phi) is 10.5. The molecular formula is C15H33NO3. The summed E-state index contributed by atoms with van der Waals surface area (Å²) >= 11 is 0. The Morgan fingerprint density at radius 3 is 2.37 bits per heavy atom. The van der Waals surface area contributed by atoms with Crippen LogP contribution in [0.25, 0.3) is 0 Å². The van der Waals surface area contributed by atoms with Crippen molar-refractivity contribution in [3.63, 3.8) is 0 Å². The lowest BCUT2D eigenvalue weighted by Crippen LogP contribution is -2.42. The van der Waals surface area contributed by atoms with Gasteiger partial charge in [0.1, 0.15) is 0 Å². The molecule has 116 valence electrons. The lowest BCUT2D eigenvalue weighted by Gasteiger charge is -2.26. The molecule has 0 heterocycles. The van der Waals surface area contributed by atoms with Gasteiger partial charge in [-0.3, -0.25) is 0 Å². The van der Waals surface area contributed by atoms with Gasteiger partial charge >= 0.3 is 0 Å². The van der Waals surface area contributed by atoms with Crippen molar-refractivity contribution >= 4 is 0 Å². The second-order valence-corrected chi connectivity index (χ2v) is 5.83. The van der Waals surface area contributed by atoms with Crippen LogP contribution in [0, 0.1) is 5.92 Å². The average Bonchev–Trinajstić information content (AvgIpc) is 2.37. The van der Waals surface area contributed by atoms with E-state index in [0.717, 1.165) is 25.7 Å². The van der Waals surface area contributed by atoms with Gasteiger partial charge in [0, 0.05) is 19.7 Å². The molecule has 0 aliphatic rings. The molecule has 19 heavy (non-hydrogen) atoms. The SMILES string of the molecule is CCC(O)(CC)CNCC(O)COCCCC(C)C. The van der Waals surface area contributed by atoms with E-state index in [1.165, 1.54) is 0 Å². The van der Waals surface area contributed by atoms with Crippen molar-refractivity contribution in [3.05, 3.63) is 0 Å². The summed E-state index contributed by atoms with van der Waals surface area (Å²) in [5, 5.41) is 22.9. The molecule has 0 aliphatic carbocycles. The van der Waals surface area contributed by atoms with Gasteiger partial charge in [0.2, 0.25) is 0 Å². The van der Waals surface area contributed by atoms with Crippen LogP contribution in [0.1, 0.15) is 53.4 Å². The van der Waals surface area contributed by atoms with Crippen LogP contribution in [-0.2, 0) is 4.74 Å². The van der Waals surface area contributed by atoms with Crippen molar-refractivity contribution in [2.45, 2.75) is 65.1 Å². The Labute approximate surface area is 118 Å². The molecule has 0 aliphatic heterocycles. The third kappa shape index (κ3) is 10.3. The van der Waals surface area contributed by atoms with Gasteiger partial charge in [0.15, 0.2) is 0 Å². The van der Waals surface area contributed by atoms with Crippen molar-refractivity contribution < 1.29 is 14.9 Å². The van der Waals surface area contributed by atoms with E-state index >= 15 is 0 Å². The van der Waals surface area contributed by atoms with Crippen molar-refractivity contribution in [2.24, 2.45) is 5.92 Å². The van der Waals surface area contributed by atoms with Gasteiger partial charge in [-0.05, 0) is 31.6 Å². The molecule has 0 aromatic rings. The van der Waals surface area contributed by atoms with E-state index in [2.05, 4.69) is 19.2 Å². The van der Waals surface area contributed by atoms with Crippen molar-refractivity contribution in [1.82, 2.24) is 5.32 Å². The number of aliphatic hydroxyl groups excluding tert-OH is 1. The standard InChI is InChI=1S/C15H33NO3/c1-5-15(18,6-2)12-16-10-14(17)11-19-9-7-8-13(3)4/h13-14,16-18H,5-12H2,1-4H3. The fraction of sp³-hybridized carbons (Fsp3) is 1.00. The summed E-state index contributed by atoms with van der Waals surface area (Å²) in [5.74, 6) is 0.705. The molecule has 0 aromatic heterocycles. The molecule has 1 atom stereocenters. The second-order valence-electron chi connectivity index (χ2n) is 5.83. The summed E-state index contributed by atoms with van der Waals surface area (Å²) in [6.45, 7) is 10.4. The number of aliphatic hydroxyl groups is 2. The molecule has 0 radical (unpaired) electrons. The zero-order valence-electron chi connectivity index (χ0n) is 13.1. The molecule has 0 fully saturated rings. The molecule has 0 bridgehead atoms. The fourth-order valence-electron chi connectivity index (χ4n) is 1.84. The first-order valence-corrected chi connectivity index (χ1v) is 7.62. The molecule has 1 unspecified atom stereocenters. The highest BCUT2D eigenvalue weighted by atomic mass is 16.5.